The average Bonchev–Trinajstić information content (AvgIpc) is 3.45. The average molecular weight is 483 g/mol. The Morgan fingerprint density at radius 3 is 1.46 bits per heavy atom. The lowest BCUT2D eigenvalue weighted by Gasteiger charge is -2.11. The van der Waals surface area contributed by atoms with Gasteiger partial charge in [-0.1, -0.05) is 99.6 Å². The molecule has 0 spiro atoms. The fourth-order valence-electron chi connectivity index (χ4n) is 4.27. The smallest absolute Gasteiger partial charge is 0.247 e. The minimum Gasteiger partial charge on any atom is -0.420 e. The zero-order valence-corrected chi connectivity index (χ0v) is 21.0. The molecule has 0 saturated carbocycles. The zero-order valence-electron chi connectivity index (χ0n) is 21.0. The van der Waals surface area contributed by atoms with E-state index in [1.807, 2.05) is 54.6 Å². The summed E-state index contributed by atoms with van der Waals surface area (Å²) in [6, 6.07) is 34.9. The second-order valence-electron chi connectivity index (χ2n) is 10.1. The van der Waals surface area contributed by atoms with Crippen LogP contribution in [-0.4, -0.2) is 20.2 Å². The maximum atomic E-state index is 5.89. The van der Waals surface area contributed by atoms with E-state index in [1.54, 1.807) is 0 Å². The Morgan fingerprint density at radius 2 is 0.946 bits per heavy atom. The first kappa shape index (κ1) is 22.8. The van der Waals surface area contributed by atoms with Crippen molar-refractivity contribution in [2.24, 2.45) is 0 Å². The monoisotopic (exact) mass is 482 g/mol. The molecule has 6 rings (SSSR count). The van der Waals surface area contributed by atoms with Crippen molar-refractivity contribution in [1.29, 1.82) is 0 Å². The molecule has 37 heavy (non-hydrogen) atoms. The van der Waals surface area contributed by atoms with E-state index in [2.05, 4.69) is 79.5 Å². The highest BCUT2D eigenvalue weighted by molar-refractivity contribution is 5.86. The molecule has 0 N–H and O–H groups in total. The van der Waals surface area contributed by atoms with Crippen molar-refractivity contribution < 1.29 is 4.42 Å². The highest BCUT2D eigenvalue weighted by atomic mass is 16.4. The van der Waals surface area contributed by atoms with Gasteiger partial charge in [-0.2, -0.15) is 0 Å². The maximum absolute atomic E-state index is 5.89. The molecule has 5 heteroatoms. The summed E-state index contributed by atoms with van der Waals surface area (Å²) >= 11 is 0. The van der Waals surface area contributed by atoms with E-state index in [0.717, 1.165) is 50.2 Å². The lowest BCUT2D eigenvalue weighted by atomic mass is 9.97. The molecule has 180 valence electrons. The standard InChI is InChI=1S/C32H26N4O/c1-32(2,3)31-36-35-30(37-31)25-19-15-22(16-20-25)21-13-17-24(18-14-21)29-28(23-9-5-4-6-10-23)33-26-11-7-8-12-27(26)34-29/h4-20H,1-3H3. The minimum absolute atomic E-state index is 0.178. The summed E-state index contributed by atoms with van der Waals surface area (Å²) in [6.07, 6.45) is 0. The van der Waals surface area contributed by atoms with E-state index in [1.165, 1.54) is 0 Å². The Balaban J connectivity index is 1.33. The van der Waals surface area contributed by atoms with E-state index >= 15 is 0 Å². The van der Waals surface area contributed by atoms with Crippen LogP contribution in [0.15, 0.2) is 108 Å². The van der Waals surface area contributed by atoms with Crippen molar-refractivity contribution in [2.75, 3.05) is 0 Å². The minimum atomic E-state index is -0.178. The van der Waals surface area contributed by atoms with Crippen LogP contribution in [-0.2, 0) is 5.41 Å². The number of hydrogen-bond donors (Lipinski definition) is 0. The highest BCUT2D eigenvalue weighted by Gasteiger charge is 2.22. The van der Waals surface area contributed by atoms with Crippen molar-refractivity contribution in [2.45, 2.75) is 26.2 Å². The highest BCUT2D eigenvalue weighted by Crippen LogP contribution is 2.33. The summed E-state index contributed by atoms with van der Waals surface area (Å²) in [6.45, 7) is 6.18. The number of nitrogens with zero attached hydrogens (tertiary/aromatic N) is 4. The fraction of sp³-hybridized carbons (Fsp3) is 0.125. The number of para-hydroxylation sites is 2. The molecule has 0 bridgehead atoms. The molecule has 2 heterocycles. The summed E-state index contributed by atoms with van der Waals surface area (Å²) in [4.78, 5) is 9.98. The number of benzene rings is 4. The molecule has 5 nitrogen and oxygen atoms in total. The van der Waals surface area contributed by atoms with E-state index < -0.39 is 0 Å². The molecule has 6 aromatic rings. The molecule has 0 fully saturated rings. The summed E-state index contributed by atoms with van der Waals surface area (Å²) in [5, 5.41) is 8.43. The topological polar surface area (TPSA) is 64.7 Å². The predicted molar refractivity (Wildman–Crippen MR) is 148 cm³/mol. The molecule has 0 unspecified atom stereocenters. The Kier molecular flexibility index (Phi) is 5.61. The van der Waals surface area contributed by atoms with Crippen LogP contribution >= 0.6 is 0 Å². The van der Waals surface area contributed by atoms with E-state index in [4.69, 9.17) is 14.4 Å². The van der Waals surface area contributed by atoms with Crippen molar-refractivity contribution >= 4 is 11.0 Å². The van der Waals surface area contributed by atoms with Gasteiger partial charge in [-0.15, -0.1) is 10.2 Å². The van der Waals surface area contributed by atoms with Crippen LogP contribution < -0.4 is 0 Å². The Bertz CT molecular complexity index is 1680. The summed E-state index contributed by atoms with van der Waals surface area (Å²) in [5.41, 5.74) is 8.55. The van der Waals surface area contributed by atoms with E-state index in [-0.39, 0.29) is 5.41 Å². The van der Waals surface area contributed by atoms with E-state index in [9.17, 15) is 0 Å². The molecular formula is C32H26N4O. The molecule has 0 radical (unpaired) electrons. The van der Waals surface area contributed by atoms with Gasteiger partial charge >= 0.3 is 0 Å². The van der Waals surface area contributed by atoms with Gasteiger partial charge in [-0.3, -0.25) is 0 Å². The number of aromatic nitrogens is 4. The molecule has 0 atom stereocenters. The van der Waals surface area contributed by atoms with Crippen molar-refractivity contribution in [3.63, 3.8) is 0 Å². The first-order valence-electron chi connectivity index (χ1n) is 12.3. The lowest BCUT2D eigenvalue weighted by molar-refractivity contribution is 0.399. The molecular weight excluding hydrogens is 456 g/mol. The first-order chi connectivity index (χ1) is 18.0. The summed E-state index contributed by atoms with van der Waals surface area (Å²) in [5.74, 6) is 1.17. The second-order valence-corrected chi connectivity index (χ2v) is 10.1. The summed E-state index contributed by atoms with van der Waals surface area (Å²) < 4.78 is 5.89. The van der Waals surface area contributed by atoms with Crippen molar-refractivity contribution in [1.82, 2.24) is 20.2 Å². The third-order valence-electron chi connectivity index (χ3n) is 6.31. The Labute approximate surface area is 215 Å². The van der Waals surface area contributed by atoms with Crippen molar-refractivity contribution in [3.05, 3.63) is 109 Å². The van der Waals surface area contributed by atoms with Gasteiger partial charge in [0.2, 0.25) is 11.8 Å². The zero-order chi connectivity index (χ0) is 25.4. The van der Waals surface area contributed by atoms with Gasteiger partial charge in [0, 0.05) is 22.1 Å². The number of fused-ring (bicyclic) bond motifs is 1. The van der Waals surface area contributed by atoms with Gasteiger partial charge in [0.1, 0.15) is 0 Å². The third kappa shape index (κ3) is 4.52. The van der Waals surface area contributed by atoms with Gasteiger partial charge in [0.25, 0.3) is 0 Å². The van der Waals surface area contributed by atoms with Crippen LogP contribution in [0.2, 0.25) is 0 Å². The molecule has 0 aliphatic rings. The van der Waals surface area contributed by atoms with Gasteiger partial charge in [0.15, 0.2) is 0 Å². The maximum Gasteiger partial charge on any atom is 0.247 e. The third-order valence-corrected chi connectivity index (χ3v) is 6.31. The molecule has 0 aliphatic heterocycles. The van der Waals surface area contributed by atoms with Crippen LogP contribution in [0.4, 0.5) is 0 Å². The molecule has 2 aromatic heterocycles. The Morgan fingerprint density at radius 1 is 0.486 bits per heavy atom. The van der Waals surface area contributed by atoms with Crippen LogP contribution in [0.25, 0.3) is 56.1 Å². The van der Waals surface area contributed by atoms with Gasteiger partial charge in [0.05, 0.1) is 22.4 Å². The van der Waals surface area contributed by atoms with Crippen LogP contribution in [0.1, 0.15) is 26.7 Å². The van der Waals surface area contributed by atoms with Gasteiger partial charge in [-0.25, -0.2) is 9.97 Å². The van der Waals surface area contributed by atoms with Gasteiger partial charge in [-0.05, 0) is 35.4 Å². The van der Waals surface area contributed by atoms with Crippen LogP contribution in [0, 0.1) is 0 Å². The predicted octanol–water partition coefficient (Wildman–Crippen LogP) is 7.98. The SMILES string of the molecule is CC(C)(C)c1nnc(-c2ccc(-c3ccc(-c4nc5ccccc5nc4-c4ccccc4)cc3)cc2)o1. The molecule has 4 aromatic carbocycles. The van der Waals surface area contributed by atoms with Crippen LogP contribution in [0.5, 0.6) is 0 Å². The molecule has 0 saturated heterocycles. The molecule has 0 amide bonds. The second kappa shape index (κ2) is 9.10. The van der Waals surface area contributed by atoms with Crippen molar-refractivity contribution in [3.8, 4) is 45.1 Å². The first-order valence-corrected chi connectivity index (χ1v) is 12.3. The molecule has 0 aliphatic carbocycles. The Hall–Kier alpha value is -4.64. The fourth-order valence-corrected chi connectivity index (χ4v) is 4.27. The van der Waals surface area contributed by atoms with E-state index in [0.29, 0.717) is 11.8 Å². The van der Waals surface area contributed by atoms with Crippen LogP contribution in [0.3, 0.4) is 0 Å². The number of hydrogen-bond acceptors (Lipinski definition) is 5. The quantitative estimate of drug-likeness (QED) is 0.255. The van der Waals surface area contributed by atoms with Gasteiger partial charge < -0.3 is 4.42 Å². The number of rotatable bonds is 4. The summed E-state index contributed by atoms with van der Waals surface area (Å²) in [7, 11) is 0. The largest absolute Gasteiger partial charge is 0.420 e. The lowest BCUT2D eigenvalue weighted by Crippen LogP contribution is -2.11. The normalized spacial score (nSPS) is 11.6.